The van der Waals surface area contributed by atoms with E-state index >= 15 is 0 Å². The summed E-state index contributed by atoms with van der Waals surface area (Å²) in [6, 6.07) is 12.1. The number of ketones is 1. The number of Topliss-reactive ketones (excluding diaryl/α,β-unsaturated/α-hetero) is 1. The number of likely N-dealkylation sites (N-methyl/N-ethyl adjacent to an activating group) is 1. The molecule has 1 amide bonds. The second-order valence-corrected chi connectivity index (χ2v) is 8.98. The number of aliphatic hydroxyl groups excluding tert-OH is 1. The highest BCUT2D eigenvalue weighted by molar-refractivity contribution is 6.46. The number of fused-ring (bicyclic) bond motifs is 1. The van der Waals surface area contributed by atoms with E-state index in [1.165, 1.54) is 0 Å². The number of carbonyl (C=O) groups is 2. The Labute approximate surface area is 206 Å². The molecule has 0 unspecified atom stereocenters. The Morgan fingerprint density at radius 2 is 1.91 bits per heavy atom. The predicted octanol–water partition coefficient (Wildman–Crippen LogP) is 4.17. The number of hydrogen-bond donors (Lipinski definition) is 1. The molecule has 2 aromatic rings. The molecule has 0 radical (unpaired) electrons. The average molecular weight is 479 g/mol. The van der Waals surface area contributed by atoms with Gasteiger partial charge >= 0.3 is 0 Å². The van der Waals surface area contributed by atoms with Crippen molar-refractivity contribution in [1.82, 2.24) is 9.80 Å². The Morgan fingerprint density at radius 3 is 2.63 bits per heavy atom. The lowest BCUT2D eigenvalue weighted by molar-refractivity contribution is -0.140. The molecule has 0 spiro atoms. The second-order valence-electron chi connectivity index (χ2n) is 8.98. The van der Waals surface area contributed by atoms with Crippen LogP contribution in [0.3, 0.4) is 0 Å². The van der Waals surface area contributed by atoms with Crippen LogP contribution in [0, 0.1) is 0 Å². The number of hydrogen-bond acceptors (Lipinski definition) is 6. The summed E-state index contributed by atoms with van der Waals surface area (Å²) >= 11 is 0. The minimum Gasteiger partial charge on any atom is -0.507 e. The van der Waals surface area contributed by atoms with E-state index in [-0.39, 0.29) is 17.4 Å². The molecule has 0 saturated carbocycles. The summed E-state index contributed by atoms with van der Waals surface area (Å²) in [5.74, 6) is 0.0168. The molecule has 4 rings (SSSR count). The van der Waals surface area contributed by atoms with Gasteiger partial charge in [0.2, 0.25) is 0 Å². The molecule has 2 heterocycles. The molecule has 1 fully saturated rings. The van der Waals surface area contributed by atoms with Crippen LogP contribution in [0.2, 0.25) is 0 Å². The van der Waals surface area contributed by atoms with Crippen molar-refractivity contribution in [3.8, 4) is 11.5 Å². The molecule has 35 heavy (non-hydrogen) atoms. The maximum absolute atomic E-state index is 13.3. The highest BCUT2D eigenvalue weighted by Crippen LogP contribution is 2.41. The molecule has 0 bridgehead atoms. The number of benzene rings is 2. The third-order valence-electron chi connectivity index (χ3n) is 6.75. The second kappa shape index (κ2) is 10.5. The first-order valence-electron chi connectivity index (χ1n) is 12.4. The van der Waals surface area contributed by atoms with E-state index in [9.17, 15) is 14.7 Å². The molecule has 7 heteroatoms. The van der Waals surface area contributed by atoms with Crippen LogP contribution in [0.25, 0.3) is 5.76 Å². The largest absolute Gasteiger partial charge is 0.507 e. The lowest BCUT2D eigenvalue weighted by atomic mass is 9.94. The molecule has 1 N–H and O–H groups in total. The van der Waals surface area contributed by atoms with E-state index in [2.05, 4.69) is 18.7 Å². The van der Waals surface area contributed by atoms with Crippen LogP contribution >= 0.6 is 0 Å². The first kappa shape index (κ1) is 24.8. The molecular formula is C28H34N2O5. The number of amides is 1. The standard InChI is InChI=1S/C28H34N2O5/c1-5-29(6-2)13-14-30-25(19-9-8-10-22(17-19)34-7-3)24(27(32)28(30)33)26(31)20-11-12-23-21(16-20)15-18(4)35-23/h8-12,16-18,25,31H,5-7,13-15H2,1-4H3/t18-,25+/m0/s1. The smallest absolute Gasteiger partial charge is 0.295 e. The molecule has 2 aromatic carbocycles. The van der Waals surface area contributed by atoms with E-state index < -0.39 is 17.7 Å². The Hall–Kier alpha value is -3.32. The summed E-state index contributed by atoms with van der Waals surface area (Å²) in [7, 11) is 0. The number of ether oxygens (including phenoxy) is 2. The fraction of sp³-hybridized carbons (Fsp3) is 0.429. The summed E-state index contributed by atoms with van der Waals surface area (Å²) < 4.78 is 11.5. The molecular weight excluding hydrogens is 444 g/mol. The summed E-state index contributed by atoms with van der Waals surface area (Å²) in [5.41, 5.74) is 2.32. The summed E-state index contributed by atoms with van der Waals surface area (Å²) in [6.45, 7) is 11.2. The van der Waals surface area contributed by atoms with Gasteiger partial charge in [-0.3, -0.25) is 9.59 Å². The summed E-state index contributed by atoms with van der Waals surface area (Å²) in [6.07, 6.45) is 0.795. The maximum Gasteiger partial charge on any atom is 0.295 e. The topological polar surface area (TPSA) is 79.3 Å². The molecule has 1 saturated heterocycles. The van der Waals surface area contributed by atoms with Crippen molar-refractivity contribution in [1.29, 1.82) is 0 Å². The maximum atomic E-state index is 13.3. The fourth-order valence-corrected chi connectivity index (χ4v) is 4.91. The van der Waals surface area contributed by atoms with Gasteiger partial charge in [-0.1, -0.05) is 26.0 Å². The van der Waals surface area contributed by atoms with Crippen LogP contribution in [0.15, 0.2) is 48.0 Å². The van der Waals surface area contributed by atoms with Crippen molar-refractivity contribution in [3.63, 3.8) is 0 Å². The summed E-state index contributed by atoms with van der Waals surface area (Å²) in [4.78, 5) is 30.3. The Morgan fingerprint density at radius 1 is 1.14 bits per heavy atom. The normalized spacial score (nSPS) is 20.9. The number of aliphatic hydroxyl groups is 1. The number of carbonyl (C=O) groups excluding carboxylic acids is 2. The van der Waals surface area contributed by atoms with Crippen molar-refractivity contribution in [2.24, 2.45) is 0 Å². The van der Waals surface area contributed by atoms with Gasteiger partial charge < -0.3 is 24.4 Å². The Bertz CT molecular complexity index is 1140. The zero-order chi connectivity index (χ0) is 25.1. The van der Waals surface area contributed by atoms with Crippen LogP contribution in [0.1, 0.15) is 50.4 Å². The minimum atomic E-state index is -0.700. The van der Waals surface area contributed by atoms with Gasteiger partial charge in [0.1, 0.15) is 23.4 Å². The highest BCUT2D eigenvalue weighted by atomic mass is 16.5. The van der Waals surface area contributed by atoms with Crippen LogP contribution < -0.4 is 9.47 Å². The van der Waals surface area contributed by atoms with Crippen LogP contribution in [-0.2, 0) is 16.0 Å². The third kappa shape index (κ3) is 4.91. The molecule has 2 aliphatic rings. The van der Waals surface area contributed by atoms with E-state index in [0.717, 1.165) is 36.4 Å². The van der Waals surface area contributed by atoms with Gasteiger partial charge in [-0.05, 0) is 68.4 Å². The molecule has 2 atom stereocenters. The third-order valence-corrected chi connectivity index (χ3v) is 6.75. The van der Waals surface area contributed by atoms with Gasteiger partial charge in [-0.15, -0.1) is 0 Å². The highest BCUT2D eigenvalue weighted by Gasteiger charge is 2.46. The van der Waals surface area contributed by atoms with Crippen LogP contribution in [0.4, 0.5) is 0 Å². The molecule has 7 nitrogen and oxygen atoms in total. The first-order chi connectivity index (χ1) is 16.9. The zero-order valence-electron chi connectivity index (χ0n) is 20.9. The average Bonchev–Trinajstić information content (AvgIpc) is 3.35. The van der Waals surface area contributed by atoms with Gasteiger partial charge in [0.05, 0.1) is 18.2 Å². The number of nitrogens with zero attached hydrogens (tertiary/aromatic N) is 2. The Kier molecular flexibility index (Phi) is 7.45. The quantitative estimate of drug-likeness (QED) is 0.331. The van der Waals surface area contributed by atoms with Gasteiger partial charge in [-0.25, -0.2) is 0 Å². The molecule has 0 aromatic heterocycles. The van der Waals surface area contributed by atoms with Crippen molar-refractivity contribution in [3.05, 3.63) is 64.7 Å². The molecule has 186 valence electrons. The van der Waals surface area contributed by atoms with E-state index in [0.29, 0.717) is 31.0 Å². The summed E-state index contributed by atoms with van der Waals surface area (Å²) in [5, 5.41) is 11.4. The van der Waals surface area contributed by atoms with Crippen molar-refractivity contribution >= 4 is 17.4 Å². The van der Waals surface area contributed by atoms with E-state index in [1.54, 1.807) is 11.0 Å². The van der Waals surface area contributed by atoms with Gasteiger partial charge in [0.15, 0.2) is 0 Å². The number of likely N-dealkylation sites (tertiary alicyclic amines) is 1. The van der Waals surface area contributed by atoms with Crippen molar-refractivity contribution in [2.45, 2.75) is 46.3 Å². The van der Waals surface area contributed by atoms with Crippen molar-refractivity contribution in [2.75, 3.05) is 32.8 Å². The van der Waals surface area contributed by atoms with Crippen LogP contribution in [-0.4, -0.2) is 65.5 Å². The minimum absolute atomic E-state index is 0.0642. The van der Waals surface area contributed by atoms with E-state index in [4.69, 9.17) is 9.47 Å². The Balaban J connectivity index is 1.79. The monoisotopic (exact) mass is 478 g/mol. The zero-order valence-corrected chi connectivity index (χ0v) is 20.9. The van der Waals surface area contributed by atoms with E-state index in [1.807, 2.05) is 50.2 Å². The van der Waals surface area contributed by atoms with Gasteiger partial charge in [0, 0.05) is 25.1 Å². The fourth-order valence-electron chi connectivity index (χ4n) is 4.91. The predicted molar refractivity (Wildman–Crippen MR) is 135 cm³/mol. The number of rotatable bonds is 9. The van der Waals surface area contributed by atoms with Gasteiger partial charge in [0.25, 0.3) is 11.7 Å². The van der Waals surface area contributed by atoms with Gasteiger partial charge in [-0.2, -0.15) is 0 Å². The molecule has 0 aliphatic carbocycles. The lowest BCUT2D eigenvalue weighted by Gasteiger charge is -2.28. The SMILES string of the molecule is CCOc1cccc([C@@H]2C(=C(O)c3ccc4c(c3)C[C@H](C)O4)C(=O)C(=O)N2CCN(CC)CC)c1. The van der Waals surface area contributed by atoms with Crippen LogP contribution in [0.5, 0.6) is 11.5 Å². The lowest BCUT2D eigenvalue weighted by Crippen LogP contribution is -2.38. The van der Waals surface area contributed by atoms with Crippen molar-refractivity contribution < 1.29 is 24.2 Å². The molecule has 2 aliphatic heterocycles. The first-order valence-corrected chi connectivity index (χ1v) is 12.4.